The highest BCUT2D eigenvalue weighted by Crippen LogP contribution is 2.22. The molecule has 2 saturated heterocycles. The molecule has 2 aliphatic rings. The lowest BCUT2D eigenvalue weighted by Gasteiger charge is -2.30. The zero-order valence-corrected chi connectivity index (χ0v) is 20.1. The van der Waals surface area contributed by atoms with E-state index in [0.717, 1.165) is 55.0 Å². The zero-order chi connectivity index (χ0) is 23.7. The Hall–Kier alpha value is -3.68. The van der Waals surface area contributed by atoms with Crippen LogP contribution < -0.4 is 20.0 Å². The molecule has 2 aromatic carbocycles. The van der Waals surface area contributed by atoms with Crippen LogP contribution in [-0.2, 0) is 6.61 Å². The smallest absolute Gasteiger partial charge is 0.250 e. The first-order valence-electron chi connectivity index (χ1n) is 12.7. The summed E-state index contributed by atoms with van der Waals surface area (Å²) in [5, 5.41) is 4.40. The lowest BCUT2D eigenvalue weighted by Crippen LogP contribution is -2.34. The van der Waals surface area contributed by atoms with Crippen LogP contribution in [0.15, 0.2) is 59.7 Å². The molecule has 0 radical (unpaired) electrons. The Kier molecular flexibility index (Phi) is 7.68. The van der Waals surface area contributed by atoms with Gasteiger partial charge in [0.25, 0.3) is 0 Å². The average Bonchev–Trinajstić information content (AvgIpc) is 2.94. The van der Waals surface area contributed by atoms with E-state index in [9.17, 15) is 0 Å². The van der Waals surface area contributed by atoms with Gasteiger partial charge >= 0.3 is 0 Å². The molecule has 5 rings (SSSR count). The van der Waals surface area contributed by atoms with Gasteiger partial charge in [-0.15, -0.1) is 0 Å². The molecule has 182 valence electrons. The first kappa shape index (κ1) is 23.1. The maximum absolute atomic E-state index is 5.87. The monoisotopic (exact) mass is 471 g/mol. The van der Waals surface area contributed by atoms with Crippen LogP contribution in [0.5, 0.6) is 5.75 Å². The average molecular weight is 472 g/mol. The van der Waals surface area contributed by atoms with E-state index in [2.05, 4.69) is 42.4 Å². The molecule has 3 aromatic rings. The topological polar surface area (TPSA) is 78.8 Å². The summed E-state index contributed by atoms with van der Waals surface area (Å²) in [5.74, 6) is 2.81. The quantitative estimate of drug-likeness (QED) is 0.371. The summed E-state index contributed by atoms with van der Waals surface area (Å²) in [4.78, 5) is 18.7. The van der Waals surface area contributed by atoms with Crippen molar-refractivity contribution in [2.45, 2.75) is 45.1 Å². The Labute approximate surface area is 207 Å². The minimum Gasteiger partial charge on any atom is -0.489 e. The van der Waals surface area contributed by atoms with E-state index in [1.807, 2.05) is 42.5 Å². The molecule has 2 aliphatic heterocycles. The molecule has 0 spiro atoms. The molecule has 0 saturated carbocycles. The van der Waals surface area contributed by atoms with Gasteiger partial charge in [0.2, 0.25) is 17.8 Å². The number of ether oxygens (including phenoxy) is 1. The number of piperidine rings is 2. The first-order valence-corrected chi connectivity index (χ1v) is 12.7. The van der Waals surface area contributed by atoms with Gasteiger partial charge in [0.1, 0.15) is 12.4 Å². The lowest BCUT2D eigenvalue weighted by atomic mass is 10.1. The fourth-order valence-electron chi connectivity index (χ4n) is 4.43. The van der Waals surface area contributed by atoms with E-state index in [-0.39, 0.29) is 0 Å². The lowest BCUT2D eigenvalue weighted by molar-refractivity contribution is 0.306. The maximum Gasteiger partial charge on any atom is 0.250 e. The zero-order valence-electron chi connectivity index (χ0n) is 20.1. The summed E-state index contributed by atoms with van der Waals surface area (Å²) in [5.41, 5.74) is 5.15. The molecular formula is C27H33N7O. The van der Waals surface area contributed by atoms with Crippen molar-refractivity contribution in [3.8, 4) is 5.75 Å². The number of hydrazone groups is 1. The SMILES string of the molecule is C(=N\Nc1nc(N2CCCCC2)nc(N2CCCCC2)n1)/c1ccc(OCc2ccccc2)cc1. The number of aromatic nitrogens is 3. The van der Waals surface area contributed by atoms with Gasteiger partial charge in [-0.3, -0.25) is 0 Å². The van der Waals surface area contributed by atoms with E-state index < -0.39 is 0 Å². The summed E-state index contributed by atoms with van der Waals surface area (Å²) in [6.45, 7) is 4.51. The molecule has 8 nitrogen and oxygen atoms in total. The Morgan fingerprint density at radius 1 is 0.743 bits per heavy atom. The van der Waals surface area contributed by atoms with Gasteiger partial charge in [0.15, 0.2) is 0 Å². The number of nitrogens with one attached hydrogen (secondary N) is 1. The molecule has 8 heteroatoms. The van der Waals surface area contributed by atoms with E-state index in [1.54, 1.807) is 6.21 Å². The van der Waals surface area contributed by atoms with Crippen LogP contribution in [-0.4, -0.2) is 47.3 Å². The second-order valence-electron chi connectivity index (χ2n) is 9.07. The molecule has 0 unspecified atom stereocenters. The van der Waals surface area contributed by atoms with Crippen LogP contribution in [0.3, 0.4) is 0 Å². The van der Waals surface area contributed by atoms with Crippen molar-refractivity contribution in [1.29, 1.82) is 0 Å². The van der Waals surface area contributed by atoms with E-state index in [4.69, 9.17) is 9.72 Å². The highest BCUT2D eigenvalue weighted by Gasteiger charge is 2.20. The molecular weight excluding hydrogens is 438 g/mol. The number of benzene rings is 2. The van der Waals surface area contributed by atoms with Crippen molar-refractivity contribution in [3.63, 3.8) is 0 Å². The minimum atomic E-state index is 0.486. The fourth-order valence-corrected chi connectivity index (χ4v) is 4.43. The normalized spacial score (nSPS) is 16.5. The van der Waals surface area contributed by atoms with Gasteiger partial charge in [-0.05, 0) is 73.9 Å². The molecule has 1 N–H and O–H groups in total. The second-order valence-corrected chi connectivity index (χ2v) is 9.07. The molecule has 35 heavy (non-hydrogen) atoms. The third kappa shape index (κ3) is 6.47. The van der Waals surface area contributed by atoms with E-state index in [0.29, 0.717) is 12.6 Å². The summed E-state index contributed by atoms with van der Waals surface area (Å²) in [7, 11) is 0. The molecule has 2 fully saturated rings. The number of hydrogen-bond donors (Lipinski definition) is 1. The standard InChI is InChI=1S/C27H33N7O/c1-4-10-23(11-5-1)21-35-24-14-12-22(13-15-24)20-28-32-25-29-26(33-16-6-2-7-17-33)31-27(30-25)34-18-8-3-9-19-34/h1,4-5,10-15,20H,2-3,6-9,16-19,21H2,(H,29,30,31,32)/b28-20+. The molecule has 0 amide bonds. The second kappa shape index (κ2) is 11.6. The van der Waals surface area contributed by atoms with Crippen LogP contribution >= 0.6 is 0 Å². The van der Waals surface area contributed by atoms with Crippen molar-refractivity contribution >= 4 is 24.1 Å². The Balaban J connectivity index is 1.24. The number of nitrogens with zero attached hydrogens (tertiary/aromatic N) is 6. The van der Waals surface area contributed by atoms with Crippen LogP contribution in [0, 0.1) is 0 Å². The highest BCUT2D eigenvalue weighted by atomic mass is 16.5. The molecule has 3 heterocycles. The van der Waals surface area contributed by atoms with Gasteiger partial charge < -0.3 is 14.5 Å². The summed E-state index contributed by atoms with van der Waals surface area (Å²) < 4.78 is 5.87. The van der Waals surface area contributed by atoms with Gasteiger partial charge in [-0.25, -0.2) is 5.43 Å². The third-order valence-electron chi connectivity index (χ3n) is 6.40. The van der Waals surface area contributed by atoms with Crippen LogP contribution in [0.4, 0.5) is 17.8 Å². The van der Waals surface area contributed by atoms with Gasteiger partial charge in [0.05, 0.1) is 6.21 Å². The van der Waals surface area contributed by atoms with E-state index >= 15 is 0 Å². The predicted octanol–water partition coefficient (Wildman–Crippen LogP) is 4.88. The molecule has 1 aromatic heterocycles. The van der Waals surface area contributed by atoms with Crippen molar-refractivity contribution in [1.82, 2.24) is 15.0 Å². The Morgan fingerprint density at radius 3 is 1.94 bits per heavy atom. The third-order valence-corrected chi connectivity index (χ3v) is 6.40. The van der Waals surface area contributed by atoms with Crippen molar-refractivity contribution in [2.24, 2.45) is 5.10 Å². The summed E-state index contributed by atoms with van der Waals surface area (Å²) in [6, 6.07) is 18.0. The summed E-state index contributed by atoms with van der Waals surface area (Å²) in [6.07, 6.45) is 9.02. The highest BCUT2D eigenvalue weighted by molar-refractivity contribution is 5.80. The number of rotatable bonds is 8. The van der Waals surface area contributed by atoms with Crippen molar-refractivity contribution in [2.75, 3.05) is 41.4 Å². The van der Waals surface area contributed by atoms with Crippen LogP contribution in [0.1, 0.15) is 49.7 Å². The summed E-state index contributed by atoms with van der Waals surface area (Å²) >= 11 is 0. The van der Waals surface area contributed by atoms with Crippen LogP contribution in [0.25, 0.3) is 0 Å². The van der Waals surface area contributed by atoms with Crippen molar-refractivity contribution < 1.29 is 4.74 Å². The Bertz CT molecular complexity index is 1060. The maximum atomic E-state index is 5.87. The number of anilines is 3. The van der Waals surface area contributed by atoms with Gasteiger partial charge in [0, 0.05) is 26.2 Å². The van der Waals surface area contributed by atoms with E-state index in [1.165, 1.54) is 38.5 Å². The predicted molar refractivity (Wildman–Crippen MR) is 140 cm³/mol. The van der Waals surface area contributed by atoms with Crippen molar-refractivity contribution in [3.05, 3.63) is 65.7 Å². The molecule has 0 aliphatic carbocycles. The number of hydrogen-bond acceptors (Lipinski definition) is 8. The van der Waals surface area contributed by atoms with Gasteiger partial charge in [-0.1, -0.05) is 30.3 Å². The van der Waals surface area contributed by atoms with Crippen LogP contribution in [0.2, 0.25) is 0 Å². The Morgan fingerprint density at radius 2 is 1.34 bits per heavy atom. The first-order chi connectivity index (χ1) is 17.3. The fraction of sp³-hybridized carbons (Fsp3) is 0.407. The molecule has 0 atom stereocenters. The largest absolute Gasteiger partial charge is 0.489 e. The molecule has 0 bridgehead atoms. The van der Waals surface area contributed by atoms with Gasteiger partial charge in [-0.2, -0.15) is 20.1 Å². The minimum absolute atomic E-state index is 0.486.